The first-order valence-electron chi connectivity index (χ1n) is 6.74. The summed E-state index contributed by atoms with van der Waals surface area (Å²) in [5, 5.41) is 14.4. The molecule has 0 saturated heterocycles. The number of nitrogens with zero attached hydrogens (tertiary/aromatic N) is 3. The molecule has 7 heteroatoms. The Balaban J connectivity index is 2.05. The molecule has 21 heavy (non-hydrogen) atoms. The van der Waals surface area contributed by atoms with Crippen molar-refractivity contribution >= 4 is 17.2 Å². The van der Waals surface area contributed by atoms with Crippen LogP contribution in [0.25, 0.3) is 10.8 Å². The average molecular weight is 306 g/mol. The minimum absolute atomic E-state index is 0.0806. The van der Waals surface area contributed by atoms with Crippen LogP contribution >= 0.6 is 11.3 Å². The largest absolute Gasteiger partial charge is 0.394 e. The fourth-order valence-corrected chi connectivity index (χ4v) is 2.64. The van der Waals surface area contributed by atoms with E-state index in [0.717, 1.165) is 6.42 Å². The van der Waals surface area contributed by atoms with Gasteiger partial charge in [0, 0.05) is 17.8 Å². The molecule has 2 aromatic rings. The highest BCUT2D eigenvalue weighted by molar-refractivity contribution is 7.13. The molecule has 0 aromatic carbocycles. The predicted molar refractivity (Wildman–Crippen MR) is 80.9 cm³/mol. The maximum Gasteiger partial charge on any atom is 0.271 e. The van der Waals surface area contributed by atoms with E-state index in [1.54, 1.807) is 23.8 Å². The monoisotopic (exact) mass is 306 g/mol. The zero-order valence-corrected chi connectivity index (χ0v) is 12.8. The number of aliphatic hydroxyl groups is 1. The van der Waals surface area contributed by atoms with E-state index in [1.807, 2.05) is 13.8 Å². The van der Waals surface area contributed by atoms with E-state index >= 15 is 0 Å². The Morgan fingerprint density at radius 1 is 1.38 bits per heavy atom. The van der Waals surface area contributed by atoms with Crippen molar-refractivity contribution in [2.24, 2.45) is 5.92 Å². The molecule has 0 spiro atoms. The lowest BCUT2D eigenvalue weighted by Crippen LogP contribution is -2.38. The molecule has 2 aromatic heterocycles. The molecule has 1 amide bonds. The Morgan fingerprint density at radius 2 is 2.10 bits per heavy atom. The Labute approximate surface area is 127 Å². The Hall–Kier alpha value is -1.86. The van der Waals surface area contributed by atoms with Crippen LogP contribution in [0.3, 0.4) is 0 Å². The summed E-state index contributed by atoms with van der Waals surface area (Å²) in [6.45, 7) is 4.01. The number of thiazole rings is 1. The van der Waals surface area contributed by atoms with Crippen LogP contribution in [-0.4, -0.2) is 38.6 Å². The second kappa shape index (κ2) is 7.24. The minimum atomic E-state index is -0.284. The van der Waals surface area contributed by atoms with Gasteiger partial charge in [0.25, 0.3) is 5.91 Å². The lowest BCUT2D eigenvalue weighted by atomic mass is 10.0. The van der Waals surface area contributed by atoms with Gasteiger partial charge in [-0.2, -0.15) is 0 Å². The molecule has 2 heterocycles. The summed E-state index contributed by atoms with van der Waals surface area (Å²) in [4.78, 5) is 24.6. The van der Waals surface area contributed by atoms with Crippen molar-refractivity contribution < 1.29 is 9.90 Å². The van der Waals surface area contributed by atoms with Crippen molar-refractivity contribution in [3.8, 4) is 10.8 Å². The molecule has 1 unspecified atom stereocenters. The van der Waals surface area contributed by atoms with Gasteiger partial charge in [0.15, 0.2) is 10.8 Å². The van der Waals surface area contributed by atoms with Crippen molar-refractivity contribution in [3.05, 3.63) is 29.5 Å². The van der Waals surface area contributed by atoms with Crippen molar-refractivity contribution in [1.29, 1.82) is 0 Å². The smallest absolute Gasteiger partial charge is 0.271 e. The van der Waals surface area contributed by atoms with Gasteiger partial charge in [0.1, 0.15) is 5.69 Å². The number of carbonyl (C=O) groups excluding carboxylic acids is 1. The van der Waals surface area contributed by atoms with Crippen molar-refractivity contribution in [2.45, 2.75) is 26.3 Å². The van der Waals surface area contributed by atoms with Crippen LogP contribution in [0.15, 0.2) is 23.8 Å². The third-order valence-corrected chi connectivity index (χ3v) is 3.64. The lowest BCUT2D eigenvalue weighted by molar-refractivity contribution is 0.0904. The van der Waals surface area contributed by atoms with E-state index in [0.29, 0.717) is 22.4 Å². The zero-order valence-electron chi connectivity index (χ0n) is 12.0. The minimum Gasteiger partial charge on any atom is -0.394 e. The molecule has 0 saturated carbocycles. The quantitative estimate of drug-likeness (QED) is 0.848. The topological polar surface area (TPSA) is 88.0 Å². The number of hydrogen-bond donors (Lipinski definition) is 2. The summed E-state index contributed by atoms with van der Waals surface area (Å²) in [5.41, 5.74) is 0.324. The Morgan fingerprint density at radius 3 is 2.71 bits per heavy atom. The molecule has 6 nitrogen and oxygen atoms in total. The zero-order chi connectivity index (χ0) is 15.2. The molecule has 0 radical (unpaired) electrons. The fourth-order valence-electron chi connectivity index (χ4n) is 1.90. The van der Waals surface area contributed by atoms with Crippen LogP contribution < -0.4 is 5.32 Å². The molecule has 2 rings (SSSR count). The van der Waals surface area contributed by atoms with Gasteiger partial charge < -0.3 is 10.4 Å². The Kier molecular flexibility index (Phi) is 5.35. The molecule has 1 atom stereocenters. The normalized spacial score (nSPS) is 12.4. The van der Waals surface area contributed by atoms with E-state index in [-0.39, 0.29) is 18.6 Å². The highest BCUT2D eigenvalue weighted by Crippen LogP contribution is 2.19. The van der Waals surface area contributed by atoms with Crippen molar-refractivity contribution in [2.75, 3.05) is 6.61 Å². The molecule has 0 bridgehead atoms. The molecular formula is C14H18N4O2S. The summed E-state index contributed by atoms with van der Waals surface area (Å²) in [6.07, 6.45) is 3.99. The second-order valence-corrected chi connectivity index (χ2v) is 5.95. The van der Waals surface area contributed by atoms with E-state index in [2.05, 4.69) is 20.3 Å². The molecule has 2 N–H and O–H groups in total. The van der Waals surface area contributed by atoms with Crippen molar-refractivity contribution in [3.63, 3.8) is 0 Å². The summed E-state index contributed by atoms with van der Waals surface area (Å²) in [5.74, 6) is 0.613. The number of nitrogens with one attached hydrogen (secondary N) is 1. The average Bonchev–Trinajstić information content (AvgIpc) is 2.97. The van der Waals surface area contributed by atoms with Crippen LogP contribution in [0.4, 0.5) is 0 Å². The molecule has 0 aliphatic carbocycles. The van der Waals surface area contributed by atoms with E-state index < -0.39 is 0 Å². The number of aromatic nitrogens is 3. The first-order chi connectivity index (χ1) is 10.1. The van der Waals surface area contributed by atoms with Crippen LogP contribution in [0, 0.1) is 5.92 Å². The van der Waals surface area contributed by atoms with Gasteiger partial charge >= 0.3 is 0 Å². The lowest BCUT2D eigenvalue weighted by Gasteiger charge is -2.17. The fraction of sp³-hybridized carbons (Fsp3) is 0.429. The van der Waals surface area contributed by atoms with Crippen LogP contribution in [-0.2, 0) is 0 Å². The highest BCUT2D eigenvalue weighted by Gasteiger charge is 2.17. The number of amides is 1. The summed E-state index contributed by atoms with van der Waals surface area (Å²) in [7, 11) is 0. The maximum atomic E-state index is 12.1. The van der Waals surface area contributed by atoms with Crippen LogP contribution in [0.5, 0.6) is 0 Å². The third-order valence-electron chi connectivity index (χ3n) is 2.81. The molecule has 0 aliphatic rings. The highest BCUT2D eigenvalue weighted by atomic mass is 32.1. The van der Waals surface area contributed by atoms with E-state index in [1.165, 1.54) is 11.3 Å². The standard InChI is InChI=1S/C14H18N4O2S/c1-9(2)6-10(7-19)17-13(20)11-8-21-14(18-11)12-15-4-3-5-16-12/h3-5,8-10,19H,6-7H2,1-2H3,(H,17,20). The van der Waals surface area contributed by atoms with E-state index in [4.69, 9.17) is 0 Å². The SMILES string of the molecule is CC(C)CC(CO)NC(=O)c1csc(-c2ncccn2)n1. The first kappa shape index (κ1) is 15.5. The van der Waals surface area contributed by atoms with Crippen LogP contribution in [0.1, 0.15) is 30.8 Å². The van der Waals surface area contributed by atoms with Gasteiger partial charge in [-0.3, -0.25) is 4.79 Å². The third kappa shape index (κ3) is 4.30. The Bertz CT molecular complexity index is 586. The number of hydrogen-bond acceptors (Lipinski definition) is 6. The second-order valence-electron chi connectivity index (χ2n) is 5.09. The number of carbonyl (C=O) groups is 1. The summed E-state index contributed by atoms with van der Waals surface area (Å²) in [6, 6.07) is 1.47. The molecule has 0 fully saturated rings. The molecule has 112 valence electrons. The summed E-state index contributed by atoms with van der Waals surface area (Å²) >= 11 is 1.32. The number of aliphatic hydroxyl groups excluding tert-OH is 1. The van der Waals surface area contributed by atoms with E-state index in [9.17, 15) is 9.90 Å². The molecular weight excluding hydrogens is 288 g/mol. The molecule has 0 aliphatic heterocycles. The van der Waals surface area contributed by atoms with Gasteiger partial charge in [0.05, 0.1) is 12.6 Å². The number of rotatable bonds is 6. The van der Waals surface area contributed by atoms with Crippen molar-refractivity contribution in [1.82, 2.24) is 20.3 Å². The van der Waals surface area contributed by atoms with Crippen LogP contribution in [0.2, 0.25) is 0 Å². The van der Waals surface area contributed by atoms with Gasteiger partial charge in [0.2, 0.25) is 0 Å². The van der Waals surface area contributed by atoms with Gasteiger partial charge in [-0.05, 0) is 18.4 Å². The predicted octanol–water partition coefficient (Wildman–Crippen LogP) is 1.74. The summed E-state index contributed by atoms with van der Waals surface area (Å²) < 4.78 is 0. The van der Waals surface area contributed by atoms with Gasteiger partial charge in [-0.15, -0.1) is 11.3 Å². The maximum absolute atomic E-state index is 12.1. The first-order valence-corrected chi connectivity index (χ1v) is 7.62. The van der Waals surface area contributed by atoms with Gasteiger partial charge in [-0.25, -0.2) is 15.0 Å². The van der Waals surface area contributed by atoms with Gasteiger partial charge in [-0.1, -0.05) is 13.8 Å².